The monoisotopic (exact) mass is 262 g/mol. The van der Waals surface area contributed by atoms with Crippen LogP contribution < -0.4 is 5.32 Å². The van der Waals surface area contributed by atoms with E-state index in [0.717, 1.165) is 22.0 Å². The van der Waals surface area contributed by atoms with Gasteiger partial charge in [-0.2, -0.15) is 0 Å². The number of carbonyl (C=O) groups excluding carboxylic acids is 1. The normalized spacial score (nSPS) is 17.9. The number of thioether (sulfide) groups is 1. The summed E-state index contributed by atoms with van der Waals surface area (Å²) in [6.45, 7) is 0. The van der Waals surface area contributed by atoms with Gasteiger partial charge in [0.2, 0.25) is 5.91 Å². The number of aromatic nitrogens is 1. The first-order valence-electron chi connectivity index (χ1n) is 5.28. The van der Waals surface area contributed by atoms with Crippen LogP contribution in [0.3, 0.4) is 0 Å². The molecular weight excluding hydrogens is 252 g/mol. The van der Waals surface area contributed by atoms with Crippen molar-refractivity contribution in [3.8, 4) is 0 Å². The van der Waals surface area contributed by atoms with Crippen LogP contribution in [-0.2, 0) is 11.2 Å². The lowest BCUT2D eigenvalue weighted by Gasteiger charge is -1.93. The Morgan fingerprint density at radius 3 is 3.06 bits per heavy atom. The minimum Gasteiger partial charge on any atom is -0.320 e. The zero-order valence-electron chi connectivity index (χ0n) is 8.97. The Morgan fingerprint density at radius 1 is 1.41 bits per heavy atom. The zero-order chi connectivity index (χ0) is 11.7. The highest BCUT2D eigenvalue weighted by Gasteiger charge is 2.14. The van der Waals surface area contributed by atoms with Crippen LogP contribution in [0.15, 0.2) is 35.4 Å². The molecule has 0 atom stereocenters. The Kier molecular flexibility index (Phi) is 2.86. The lowest BCUT2D eigenvalue weighted by Crippen LogP contribution is -2.13. The number of nitrogens with zero attached hydrogens (tertiary/aromatic N) is 1. The van der Waals surface area contributed by atoms with Crippen LogP contribution in [0.1, 0.15) is 5.01 Å². The summed E-state index contributed by atoms with van der Waals surface area (Å²) in [6, 6.07) is 8.12. The van der Waals surface area contributed by atoms with Crippen molar-refractivity contribution in [2.24, 2.45) is 0 Å². The molecule has 1 N–H and O–H groups in total. The number of rotatable bonds is 2. The number of hydrogen-bond donors (Lipinski definition) is 1. The fraction of sp³-hybridized carbons (Fsp3) is 0.167. The summed E-state index contributed by atoms with van der Waals surface area (Å²) in [6.07, 6.45) is 2.81. The molecule has 86 valence electrons. The first-order valence-corrected chi connectivity index (χ1v) is 7.09. The Morgan fingerprint density at radius 2 is 2.29 bits per heavy atom. The summed E-state index contributed by atoms with van der Waals surface area (Å²) in [7, 11) is 0. The molecule has 0 bridgehead atoms. The number of hydrogen-bond acceptors (Lipinski definition) is 4. The number of benzene rings is 1. The van der Waals surface area contributed by atoms with Gasteiger partial charge in [-0.15, -0.1) is 11.3 Å². The van der Waals surface area contributed by atoms with E-state index >= 15 is 0 Å². The van der Waals surface area contributed by atoms with Crippen LogP contribution in [0.2, 0.25) is 0 Å². The summed E-state index contributed by atoms with van der Waals surface area (Å²) >= 11 is 3.26. The molecule has 0 saturated carbocycles. The van der Waals surface area contributed by atoms with Crippen molar-refractivity contribution in [2.75, 3.05) is 5.75 Å². The highest BCUT2D eigenvalue weighted by molar-refractivity contribution is 8.04. The molecule has 0 unspecified atom stereocenters. The van der Waals surface area contributed by atoms with Gasteiger partial charge in [0.25, 0.3) is 0 Å². The van der Waals surface area contributed by atoms with Gasteiger partial charge in [0.1, 0.15) is 0 Å². The number of carbonyl (C=O) groups is 1. The van der Waals surface area contributed by atoms with E-state index in [1.165, 1.54) is 4.70 Å². The Hall–Kier alpha value is -1.33. The Labute approximate surface area is 107 Å². The SMILES string of the molecule is O=C1CS/C(=C\Cc2nc3ccccc3s2)N1. The molecule has 1 saturated heterocycles. The van der Waals surface area contributed by atoms with Gasteiger partial charge in [0.05, 0.1) is 26.0 Å². The molecule has 1 aliphatic heterocycles. The van der Waals surface area contributed by atoms with Crippen LogP contribution in [0.5, 0.6) is 0 Å². The maximum absolute atomic E-state index is 11.0. The number of amides is 1. The Bertz CT molecular complexity index is 570. The second-order valence-corrected chi connectivity index (χ2v) is 5.82. The molecule has 1 aromatic carbocycles. The average Bonchev–Trinajstić information content (AvgIpc) is 2.91. The molecule has 0 radical (unpaired) electrons. The molecule has 1 fully saturated rings. The molecule has 1 amide bonds. The maximum Gasteiger partial charge on any atom is 0.235 e. The van der Waals surface area contributed by atoms with Crippen molar-refractivity contribution in [2.45, 2.75) is 6.42 Å². The second-order valence-electron chi connectivity index (χ2n) is 3.68. The molecule has 0 spiro atoms. The van der Waals surface area contributed by atoms with Crippen LogP contribution in [0.25, 0.3) is 10.2 Å². The van der Waals surface area contributed by atoms with E-state index in [2.05, 4.69) is 16.4 Å². The van der Waals surface area contributed by atoms with Gasteiger partial charge in [-0.05, 0) is 18.2 Å². The van der Waals surface area contributed by atoms with E-state index in [1.54, 1.807) is 23.1 Å². The van der Waals surface area contributed by atoms with Crippen LogP contribution in [0.4, 0.5) is 0 Å². The molecule has 2 aromatic rings. The third-order valence-corrected chi connectivity index (χ3v) is 4.47. The van der Waals surface area contributed by atoms with Crippen molar-refractivity contribution >= 4 is 39.2 Å². The zero-order valence-corrected chi connectivity index (χ0v) is 10.6. The van der Waals surface area contributed by atoms with E-state index in [9.17, 15) is 4.79 Å². The van der Waals surface area contributed by atoms with Crippen LogP contribution in [0, 0.1) is 0 Å². The minimum atomic E-state index is 0.0885. The standard InChI is InChI=1S/C12H10N2OS2/c15-10-7-16-11(14-10)5-6-12-13-8-3-1-2-4-9(8)17-12/h1-5H,6-7H2,(H,14,15)/b11-5-. The quantitative estimate of drug-likeness (QED) is 0.904. The number of nitrogens with one attached hydrogen (secondary N) is 1. The summed E-state index contributed by atoms with van der Waals surface area (Å²) in [4.78, 5) is 15.6. The smallest absolute Gasteiger partial charge is 0.235 e. The van der Waals surface area contributed by atoms with Crippen molar-refractivity contribution in [3.05, 3.63) is 40.4 Å². The van der Waals surface area contributed by atoms with E-state index < -0.39 is 0 Å². The van der Waals surface area contributed by atoms with Gasteiger partial charge < -0.3 is 5.32 Å². The molecule has 17 heavy (non-hydrogen) atoms. The predicted octanol–water partition coefficient (Wildman–Crippen LogP) is 2.54. The van der Waals surface area contributed by atoms with Crippen LogP contribution in [-0.4, -0.2) is 16.6 Å². The third kappa shape index (κ3) is 2.35. The predicted molar refractivity (Wildman–Crippen MR) is 72.0 cm³/mol. The summed E-state index contributed by atoms with van der Waals surface area (Å²) in [5.41, 5.74) is 1.05. The molecule has 3 rings (SSSR count). The fourth-order valence-electron chi connectivity index (χ4n) is 1.65. The molecular formula is C12H10N2OS2. The second kappa shape index (κ2) is 4.50. The average molecular weight is 262 g/mol. The maximum atomic E-state index is 11.0. The molecule has 1 aromatic heterocycles. The first kappa shape index (κ1) is 10.8. The Balaban J connectivity index is 1.79. The van der Waals surface area contributed by atoms with E-state index in [0.29, 0.717) is 5.75 Å². The highest BCUT2D eigenvalue weighted by atomic mass is 32.2. The van der Waals surface area contributed by atoms with Crippen molar-refractivity contribution in [3.63, 3.8) is 0 Å². The summed E-state index contributed by atoms with van der Waals surface area (Å²) in [5, 5.41) is 4.86. The van der Waals surface area contributed by atoms with Gasteiger partial charge in [-0.1, -0.05) is 23.9 Å². The van der Waals surface area contributed by atoms with Gasteiger partial charge in [-0.25, -0.2) is 4.98 Å². The summed E-state index contributed by atoms with van der Waals surface area (Å²) in [5.74, 6) is 0.622. The minimum absolute atomic E-state index is 0.0885. The van der Waals surface area contributed by atoms with Gasteiger partial charge >= 0.3 is 0 Å². The molecule has 5 heteroatoms. The number of allylic oxidation sites excluding steroid dienone is 1. The first-order chi connectivity index (χ1) is 8.31. The number of thiazole rings is 1. The van der Waals surface area contributed by atoms with Crippen molar-refractivity contribution in [1.29, 1.82) is 0 Å². The highest BCUT2D eigenvalue weighted by Crippen LogP contribution is 2.24. The fourth-order valence-corrected chi connectivity index (χ4v) is 3.33. The molecule has 1 aliphatic rings. The molecule has 2 heterocycles. The van der Waals surface area contributed by atoms with Crippen molar-refractivity contribution < 1.29 is 4.79 Å². The summed E-state index contributed by atoms with van der Waals surface area (Å²) < 4.78 is 1.21. The topological polar surface area (TPSA) is 42.0 Å². The lowest BCUT2D eigenvalue weighted by molar-refractivity contribution is -0.117. The third-order valence-electron chi connectivity index (χ3n) is 2.42. The molecule has 0 aliphatic carbocycles. The van der Waals surface area contributed by atoms with E-state index in [4.69, 9.17) is 0 Å². The molecule has 3 nitrogen and oxygen atoms in total. The van der Waals surface area contributed by atoms with E-state index in [1.807, 2.05) is 24.3 Å². The largest absolute Gasteiger partial charge is 0.320 e. The number of para-hydroxylation sites is 1. The van der Waals surface area contributed by atoms with Crippen LogP contribution >= 0.6 is 23.1 Å². The lowest BCUT2D eigenvalue weighted by atomic mass is 10.3. The van der Waals surface area contributed by atoms with Gasteiger partial charge in [0.15, 0.2) is 0 Å². The van der Waals surface area contributed by atoms with E-state index in [-0.39, 0.29) is 5.91 Å². The van der Waals surface area contributed by atoms with Crippen molar-refractivity contribution in [1.82, 2.24) is 10.3 Å². The number of fused-ring (bicyclic) bond motifs is 1. The van der Waals surface area contributed by atoms with Gasteiger partial charge in [-0.3, -0.25) is 4.79 Å². The van der Waals surface area contributed by atoms with Gasteiger partial charge in [0, 0.05) is 6.42 Å².